The van der Waals surface area contributed by atoms with Crippen molar-refractivity contribution in [1.82, 2.24) is 9.88 Å². The summed E-state index contributed by atoms with van der Waals surface area (Å²) >= 11 is 3.23. The first-order valence-electron chi connectivity index (χ1n) is 6.10. The van der Waals surface area contributed by atoms with E-state index in [9.17, 15) is 9.90 Å². The standard InChI is InChI=1S/C12H18N2O2S2/c1-9-13-10(7-18-9)6-17-8-12(16)14-4-2-3-11(15)5-14/h7,11,15H,2-6,8H2,1H3. The lowest BCUT2D eigenvalue weighted by atomic mass is 10.1. The van der Waals surface area contributed by atoms with Crippen LogP contribution in [-0.4, -0.2) is 45.8 Å². The highest BCUT2D eigenvalue weighted by Crippen LogP contribution is 2.17. The molecular formula is C12H18N2O2S2. The summed E-state index contributed by atoms with van der Waals surface area (Å²) in [6.45, 7) is 3.26. The minimum absolute atomic E-state index is 0.130. The van der Waals surface area contributed by atoms with Crippen LogP contribution in [0.5, 0.6) is 0 Å². The maximum atomic E-state index is 11.9. The Morgan fingerprint density at radius 1 is 1.72 bits per heavy atom. The van der Waals surface area contributed by atoms with Crippen molar-refractivity contribution in [2.75, 3.05) is 18.8 Å². The van der Waals surface area contributed by atoms with Crippen molar-refractivity contribution < 1.29 is 9.90 Å². The van der Waals surface area contributed by atoms with Crippen LogP contribution in [0.4, 0.5) is 0 Å². The maximum absolute atomic E-state index is 11.9. The van der Waals surface area contributed by atoms with Gasteiger partial charge >= 0.3 is 0 Å². The molecule has 1 saturated heterocycles. The van der Waals surface area contributed by atoms with Crippen molar-refractivity contribution >= 4 is 29.0 Å². The maximum Gasteiger partial charge on any atom is 0.232 e. The summed E-state index contributed by atoms with van der Waals surface area (Å²) in [6.07, 6.45) is 1.38. The molecule has 1 N–H and O–H groups in total. The molecular weight excluding hydrogens is 268 g/mol. The number of aromatic nitrogens is 1. The fourth-order valence-corrected chi connectivity index (χ4v) is 3.52. The van der Waals surface area contributed by atoms with E-state index in [0.717, 1.165) is 35.8 Å². The molecule has 0 aromatic carbocycles. The van der Waals surface area contributed by atoms with Gasteiger partial charge in [-0.05, 0) is 19.8 Å². The first-order valence-corrected chi connectivity index (χ1v) is 8.13. The van der Waals surface area contributed by atoms with Crippen LogP contribution < -0.4 is 0 Å². The molecule has 0 radical (unpaired) electrons. The summed E-state index contributed by atoms with van der Waals surface area (Å²) in [5.74, 6) is 1.39. The number of hydrogen-bond donors (Lipinski definition) is 1. The van der Waals surface area contributed by atoms with Gasteiger partial charge in [0.05, 0.1) is 22.6 Å². The van der Waals surface area contributed by atoms with Crippen LogP contribution in [0.2, 0.25) is 0 Å². The number of amides is 1. The highest BCUT2D eigenvalue weighted by atomic mass is 32.2. The molecule has 1 atom stereocenters. The summed E-state index contributed by atoms with van der Waals surface area (Å²) in [7, 11) is 0. The van der Waals surface area contributed by atoms with E-state index in [1.807, 2.05) is 12.3 Å². The third kappa shape index (κ3) is 3.96. The lowest BCUT2D eigenvalue weighted by molar-refractivity contribution is -0.131. The van der Waals surface area contributed by atoms with Gasteiger partial charge < -0.3 is 10.0 Å². The van der Waals surface area contributed by atoms with Crippen LogP contribution in [-0.2, 0) is 10.5 Å². The summed E-state index contributed by atoms with van der Waals surface area (Å²) in [6, 6.07) is 0. The molecule has 1 aliphatic heterocycles. The van der Waals surface area contributed by atoms with Gasteiger partial charge in [-0.1, -0.05) is 0 Å². The molecule has 6 heteroatoms. The molecule has 0 aliphatic carbocycles. The Hall–Kier alpha value is -0.590. The second-order valence-electron chi connectivity index (χ2n) is 4.49. The lowest BCUT2D eigenvalue weighted by Crippen LogP contribution is -2.43. The number of aryl methyl sites for hydroxylation is 1. The number of β-amino-alcohol motifs (C(OH)–C–C–N with tert-alkyl or cyclic N) is 1. The van der Waals surface area contributed by atoms with Crippen LogP contribution >= 0.6 is 23.1 Å². The average molecular weight is 286 g/mol. The van der Waals surface area contributed by atoms with E-state index < -0.39 is 0 Å². The van der Waals surface area contributed by atoms with Gasteiger partial charge in [0, 0.05) is 24.2 Å². The number of piperidine rings is 1. The van der Waals surface area contributed by atoms with Crippen molar-refractivity contribution in [2.24, 2.45) is 0 Å². The molecule has 1 unspecified atom stereocenters. The van der Waals surface area contributed by atoms with Gasteiger partial charge in [0.1, 0.15) is 0 Å². The summed E-state index contributed by atoms with van der Waals surface area (Å²) in [4.78, 5) is 18.1. The van der Waals surface area contributed by atoms with Gasteiger partial charge in [-0.3, -0.25) is 4.79 Å². The number of rotatable bonds is 4. The predicted octanol–water partition coefficient (Wildman–Crippen LogP) is 1.67. The van der Waals surface area contributed by atoms with Crippen molar-refractivity contribution in [3.05, 3.63) is 16.1 Å². The van der Waals surface area contributed by atoms with E-state index in [2.05, 4.69) is 4.98 Å². The monoisotopic (exact) mass is 286 g/mol. The Labute approximate surface area is 115 Å². The molecule has 4 nitrogen and oxygen atoms in total. The zero-order chi connectivity index (χ0) is 13.0. The number of carbonyl (C=O) groups excluding carboxylic acids is 1. The zero-order valence-corrected chi connectivity index (χ0v) is 12.1. The highest BCUT2D eigenvalue weighted by molar-refractivity contribution is 7.99. The molecule has 0 saturated carbocycles. The highest BCUT2D eigenvalue weighted by Gasteiger charge is 2.21. The summed E-state index contributed by atoms with van der Waals surface area (Å²) in [5, 5.41) is 12.6. The molecule has 0 spiro atoms. The fourth-order valence-electron chi connectivity index (χ4n) is 1.99. The van der Waals surface area contributed by atoms with Gasteiger partial charge in [0.15, 0.2) is 0 Å². The lowest BCUT2D eigenvalue weighted by Gasteiger charge is -2.30. The molecule has 100 valence electrons. The van der Waals surface area contributed by atoms with Crippen molar-refractivity contribution in [3.8, 4) is 0 Å². The van der Waals surface area contributed by atoms with Crippen molar-refractivity contribution in [2.45, 2.75) is 31.6 Å². The molecule has 1 amide bonds. The van der Waals surface area contributed by atoms with Crippen LogP contribution in [0.1, 0.15) is 23.5 Å². The number of aliphatic hydroxyl groups excluding tert-OH is 1. The topological polar surface area (TPSA) is 53.4 Å². The van der Waals surface area contributed by atoms with Gasteiger partial charge in [-0.25, -0.2) is 4.98 Å². The average Bonchev–Trinajstić information content (AvgIpc) is 2.75. The Bertz CT molecular complexity index is 409. The molecule has 2 heterocycles. The third-order valence-corrected chi connectivity index (χ3v) is 4.66. The van der Waals surface area contributed by atoms with E-state index in [1.165, 1.54) is 0 Å². The molecule has 2 rings (SSSR count). The molecule has 1 fully saturated rings. The smallest absolute Gasteiger partial charge is 0.232 e. The Morgan fingerprint density at radius 3 is 3.22 bits per heavy atom. The number of hydrogen-bond acceptors (Lipinski definition) is 5. The summed E-state index contributed by atoms with van der Waals surface area (Å²) < 4.78 is 0. The van der Waals surface area contributed by atoms with Crippen LogP contribution in [0.25, 0.3) is 0 Å². The number of thioether (sulfide) groups is 1. The molecule has 0 bridgehead atoms. The van der Waals surface area contributed by atoms with Crippen molar-refractivity contribution in [1.29, 1.82) is 0 Å². The largest absolute Gasteiger partial charge is 0.391 e. The molecule has 1 aromatic heterocycles. The van der Waals surface area contributed by atoms with Crippen LogP contribution in [0.3, 0.4) is 0 Å². The molecule has 1 aromatic rings. The van der Waals surface area contributed by atoms with Crippen LogP contribution in [0.15, 0.2) is 5.38 Å². The molecule has 1 aliphatic rings. The van der Waals surface area contributed by atoms with E-state index in [4.69, 9.17) is 0 Å². The van der Waals surface area contributed by atoms with E-state index in [0.29, 0.717) is 12.3 Å². The number of aliphatic hydroxyl groups is 1. The normalized spacial score (nSPS) is 20.1. The van der Waals surface area contributed by atoms with Gasteiger partial charge in [-0.2, -0.15) is 0 Å². The minimum Gasteiger partial charge on any atom is -0.391 e. The first kappa shape index (κ1) is 13.8. The van der Waals surface area contributed by atoms with E-state index >= 15 is 0 Å². The Morgan fingerprint density at radius 2 is 2.56 bits per heavy atom. The van der Waals surface area contributed by atoms with Gasteiger partial charge in [-0.15, -0.1) is 23.1 Å². The summed E-state index contributed by atoms with van der Waals surface area (Å²) in [5.41, 5.74) is 1.05. The number of thiazole rings is 1. The third-order valence-electron chi connectivity index (χ3n) is 2.89. The first-order chi connectivity index (χ1) is 8.65. The van der Waals surface area contributed by atoms with Gasteiger partial charge in [0.25, 0.3) is 0 Å². The number of nitrogens with zero attached hydrogens (tertiary/aromatic N) is 2. The number of likely N-dealkylation sites (tertiary alicyclic amines) is 1. The second kappa shape index (κ2) is 6.54. The SMILES string of the molecule is Cc1nc(CSCC(=O)N2CCCC(O)C2)cs1. The van der Waals surface area contributed by atoms with Gasteiger partial charge in [0.2, 0.25) is 5.91 Å². The minimum atomic E-state index is -0.339. The predicted molar refractivity (Wildman–Crippen MR) is 74.8 cm³/mol. The van der Waals surface area contributed by atoms with Crippen LogP contribution in [0, 0.1) is 6.92 Å². The Kier molecular flexibility index (Phi) is 5.03. The Balaban J connectivity index is 1.71. The quantitative estimate of drug-likeness (QED) is 0.915. The van der Waals surface area contributed by atoms with E-state index in [1.54, 1.807) is 28.0 Å². The fraction of sp³-hybridized carbons (Fsp3) is 0.667. The number of carbonyl (C=O) groups is 1. The zero-order valence-electron chi connectivity index (χ0n) is 10.5. The molecule has 18 heavy (non-hydrogen) atoms. The van der Waals surface area contributed by atoms with E-state index in [-0.39, 0.29) is 12.0 Å². The second-order valence-corrected chi connectivity index (χ2v) is 6.53. The van der Waals surface area contributed by atoms with Crippen molar-refractivity contribution in [3.63, 3.8) is 0 Å².